The zero-order valence-corrected chi connectivity index (χ0v) is 12.4. The van der Waals surface area contributed by atoms with Crippen LogP contribution >= 0.6 is 11.8 Å². The topological polar surface area (TPSA) is 46.6 Å². The molecule has 108 valence electrons. The minimum absolute atomic E-state index is 0.245. The Balaban J connectivity index is 2.79. The Bertz CT molecular complexity index is 531. The molecule has 6 heteroatoms. The molecule has 0 unspecified atom stereocenters. The minimum atomic E-state index is -0.585. The molecule has 0 fully saturated rings. The maximum absolute atomic E-state index is 13.6. The van der Waals surface area contributed by atoms with Gasteiger partial charge < -0.3 is 9.64 Å². The van der Waals surface area contributed by atoms with E-state index in [1.807, 2.05) is 0 Å². The van der Waals surface area contributed by atoms with Crippen LogP contribution in [0.15, 0.2) is 35.2 Å². The van der Waals surface area contributed by atoms with Crippen molar-refractivity contribution in [3.8, 4) is 0 Å². The summed E-state index contributed by atoms with van der Waals surface area (Å²) in [5.41, 5.74) is 0.416. The molecular weight excluding hydrogens is 281 g/mol. The lowest BCUT2D eigenvalue weighted by Crippen LogP contribution is -2.24. The number of thioether (sulfide) groups is 1. The van der Waals surface area contributed by atoms with Crippen LogP contribution in [0.5, 0.6) is 0 Å². The van der Waals surface area contributed by atoms with Crippen LogP contribution in [-0.4, -0.2) is 31.8 Å². The van der Waals surface area contributed by atoms with E-state index in [4.69, 9.17) is 0 Å². The number of benzene rings is 1. The monoisotopic (exact) mass is 297 g/mol. The summed E-state index contributed by atoms with van der Waals surface area (Å²) < 4.78 is 18.3. The highest BCUT2D eigenvalue weighted by Crippen LogP contribution is 2.24. The van der Waals surface area contributed by atoms with E-state index >= 15 is 0 Å². The van der Waals surface area contributed by atoms with E-state index in [1.165, 1.54) is 29.8 Å². The van der Waals surface area contributed by atoms with Crippen LogP contribution in [0.2, 0.25) is 0 Å². The first-order chi connectivity index (χ1) is 9.49. The average molecular weight is 297 g/mol. The van der Waals surface area contributed by atoms with Gasteiger partial charge in [0.15, 0.2) is 0 Å². The molecule has 4 nitrogen and oxygen atoms in total. The van der Waals surface area contributed by atoms with Gasteiger partial charge in [0.05, 0.1) is 6.61 Å². The number of rotatable bonds is 5. The van der Waals surface area contributed by atoms with E-state index in [9.17, 15) is 14.0 Å². The van der Waals surface area contributed by atoms with Crippen molar-refractivity contribution in [1.82, 2.24) is 0 Å². The van der Waals surface area contributed by atoms with Crippen molar-refractivity contribution in [3.63, 3.8) is 0 Å². The molecule has 20 heavy (non-hydrogen) atoms. The predicted octanol–water partition coefficient (Wildman–Crippen LogP) is 2.63. The summed E-state index contributed by atoms with van der Waals surface area (Å²) in [6.07, 6.45) is 3.92. The number of hydrogen-bond donors (Lipinski definition) is 0. The Kier molecular flexibility index (Phi) is 6.24. The fraction of sp³-hybridized carbons (Fsp3) is 0.286. The van der Waals surface area contributed by atoms with Crippen molar-refractivity contribution in [2.24, 2.45) is 0 Å². The highest BCUT2D eigenvalue weighted by Gasteiger charge is 2.11. The maximum atomic E-state index is 13.6. The number of likely N-dealkylation sites (N-methyl/N-ethyl adjacent to an activating group) is 1. The summed E-state index contributed by atoms with van der Waals surface area (Å²) >= 11 is 1.29. The van der Waals surface area contributed by atoms with Crippen LogP contribution in [0.25, 0.3) is 0 Å². The Morgan fingerprint density at radius 1 is 1.40 bits per heavy atom. The molecule has 0 radical (unpaired) electrons. The molecule has 0 spiro atoms. The Morgan fingerprint density at radius 2 is 2.10 bits per heavy atom. The van der Waals surface area contributed by atoms with Gasteiger partial charge >= 0.3 is 5.97 Å². The van der Waals surface area contributed by atoms with Gasteiger partial charge in [0.25, 0.3) is 5.91 Å². The third kappa shape index (κ3) is 4.38. The summed E-state index contributed by atoms with van der Waals surface area (Å²) in [6.45, 7) is 1.92. The molecule has 0 heterocycles. The summed E-state index contributed by atoms with van der Waals surface area (Å²) in [7, 11) is 1.51. The average Bonchev–Trinajstić information content (AvgIpc) is 2.44. The lowest BCUT2D eigenvalue weighted by molar-refractivity contribution is -0.137. The number of ether oxygens (including phenoxy) is 1. The Hall–Kier alpha value is -1.82. The number of esters is 1. The second kappa shape index (κ2) is 7.69. The molecule has 1 aromatic carbocycles. The zero-order valence-electron chi connectivity index (χ0n) is 11.6. The molecule has 0 aliphatic heterocycles. The van der Waals surface area contributed by atoms with Gasteiger partial charge in [-0.15, -0.1) is 11.8 Å². The molecule has 1 amide bonds. The number of carbonyl (C=O) groups is 2. The number of hydrogen-bond acceptors (Lipinski definition) is 4. The quantitative estimate of drug-likeness (QED) is 0.476. The zero-order chi connectivity index (χ0) is 15.1. The molecule has 0 aliphatic carbocycles. The largest absolute Gasteiger partial charge is 0.463 e. The van der Waals surface area contributed by atoms with Gasteiger partial charge in [0.2, 0.25) is 0 Å². The van der Waals surface area contributed by atoms with Crippen molar-refractivity contribution in [1.29, 1.82) is 0 Å². The molecule has 0 aromatic heterocycles. The summed E-state index contributed by atoms with van der Waals surface area (Å²) in [5, 5.41) is 0. The van der Waals surface area contributed by atoms with E-state index in [-0.39, 0.29) is 12.4 Å². The molecule has 0 atom stereocenters. The smallest absolute Gasteiger partial charge is 0.330 e. The number of anilines is 1. The van der Waals surface area contributed by atoms with Gasteiger partial charge in [0, 0.05) is 29.8 Å². The van der Waals surface area contributed by atoms with Crippen molar-refractivity contribution >= 4 is 29.3 Å². The van der Waals surface area contributed by atoms with Crippen LogP contribution < -0.4 is 4.90 Å². The number of amides is 1. The molecule has 0 saturated heterocycles. The molecule has 1 aromatic rings. The molecule has 0 N–H and O–H groups in total. The van der Waals surface area contributed by atoms with Gasteiger partial charge in [-0.2, -0.15) is 0 Å². The fourth-order valence-corrected chi connectivity index (χ4v) is 1.89. The van der Waals surface area contributed by atoms with Crippen LogP contribution in [0, 0.1) is 5.82 Å². The normalized spacial score (nSPS) is 10.6. The van der Waals surface area contributed by atoms with E-state index in [0.29, 0.717) is 10.6 Å². The van der Waals surface area contributed by atoms with Crippen molar-refractivity contribution in [2.75, 3.05) is 24.8 Å². The number of carbonyl (C=O) groups excluding carboxylic acids is 2. The van der Waals surface area contributed by atoms with Gasteiger partial charge in [-0.05, 0) is 31.4 Å². The van der Waals surface area contributed by atoms with Gasteiger partial charge in [0.1, 0.15) is 5.82 Å². The molecule has 0 aliphatic rings. The first-order valence-corrected chi connectivity index (χ1v) is 7.18. The van der Waals surface area contributed by atoms with E-state index in [1.54, 1.807) is 25.3 Å². The van der Waals surface area contributed by atoms with E-state index in [2.05, 4.69) is 4.74 Å². The van der Waals surface area contributed by atoms with Crippen LogP contribution in [0.3, 0.4) is 0 Å². The Morgan fingerprint density at radius 3 is 2.65 bits per heavy atom. The van der Waals surface area contributed by atoms with Crippen LogP contribution in [0.4, 0.5) is 10.1 Å². The molecule has 0 saturated carbocycles. The SMILES string of the molecule is CCOC(=O)/C=C/C(=O)N(C)c1ccc(SC)c(F)c1. The fourth-order valence-electron chi connectivity index (χ4n) is 1.43. The highest BCUT2D eigenvalue weighted by atomic mass is 32.2. The van der Waals surface area contributed by atoms with Crippen LogP contribution in [-0.2, 0) is 14.3 Å². The number of halogens is 1. The van der Waals surface area contributed by atoms with Gasteiger partial charge in [-0.1, -0.05) is 0 Å². The third-order valence-corrected chi connectivity index (χ3v) is 3.27. The Labute approximate surface area is 121 Å². The lowest BCUT2D eigenvalue weighted by atomic mass is 10.3. The number of nitrogens with zero attached hydrogens (tertiary/aromatic N) is 1. The maximum Gasteiger partial charge on any atom is 0.330 e. The highest BCUT2D eigenvalue weighted by molar-refractivity contribution is 7.98. The van der Waals surface area contributed by atoms with E-state index < -0.39 is 11.9 Å². The molecular formula is C14H16FNO3S. The van der Waals surface area contributed by atoms with Gasteiger partial charge in [-0.25, -0.2) is 9.18 Å². The summed E-state index contributed by atoms with van der Waals surface area (Å²) in [4.78, 5) is 24.7. The van der Waals surface area contributed by atoms with Crippen molar-refractivity contribution in [2.45, 2.75) is 11.8 Å². The third-order valence-electron chi connectivity index (χ3n) is 2.50. The van der Waals surface area contributed by atoms with Crippen molar-refractivity contribution < 1.29 is 18.7 Å². The van der Waals surface area contributed by atoms with Crippen LogP contribution in [0.1, 0.15) is 6.92 Å². The van der Waals surface area contributed by atoms with E-state index in [0.717, 1.165) is 12.2 Å². The standard InChI is InChI=1S/C14H16FNO3S/c1-4-19-14(18)8-7-13(17)16(2)10-5-6-12(20-3)11(15)9-10/h5-9H,4H2,1-3H3/b8-7+. The molecule has 0 bridgehead atoms. The minimum Gasteiger partial charge on any atom is -0.463 e. The second-order valence-electron chi connectivity index (χ2n) is 3.80. The summed E-state index contributed by atoms with van der Waals surface area (Å²) in [6, 6.07) is 4.53. The lowest BCUT2D eigenvalue weighted by Gasteiger charge is -2.15. The van der Waals surface area contributed by atoms with Crippen molar-refractivity contribution in [3.05, 3.63) is 36.2 Å². The first-order valence-electron chi connectivity index (χ1n) is 5.95. The second-order valence-corrected chi connectivity index (χ2v) is 4.65. The predicted molar refractivity (Wildman–Crippen MR) is 77.4 cm³/mol. The first kappa shape index (κ1) is 16.2. The van der Waals surface area contributed by atoms with Gasteiger partial charge in [-0.3, -0.25) is 4.79 Å². The molecule has 1 rings (SSSR count). The summed E-state index contributed by atoms with van der Waals surface area (Å²) in [5.74, 6) is -1.41.